The number of nitrogens with one attached hydrogen (secondary N) is 3. The lowest BCUT2D eigenvalue weighted by Crippen LogP contribution is -2.10. The molecule has 5 aromatic rings. The molecule has 0 spiro atoms. The smallest absolute Gasteiger partial charge is 0.343 e. The first kappa shape index (κ1) is 27.7. The monoisotopic (exact) mass is 563 g/mol. The number of anilines is 5. The number of hydrogen-bond donors (Lipinski definition) is 3. The molecule has 1 aromatic heterocycles. The lowest BCUT2D eigenvalue weighted by Gasteiger charge is -2.11. The van der Waals surface area contributed by atoms with E-state index in [2.05, 4.69) is 36.1 Å². The van der Waals surface area contributed by atoms with E-state index in [1.54, 1.807) is 24.4 Å². The number of esters is 1. The molecule has 210 valence electrons. The van der Waals surface area contributed by atoms with Gasteiger partial charge in [0.25, 0.3) is 0 Å². The van der Waals surface area contributed by atoms with Gasteiger partial charge in [0.2, 0.25) is 17.8 Å². The molecule has 1 heterocycles. The van der Waals surface area contributed by atoms with Crippen molar-refractivity contribution in [2.24, 2.45) is 5.10 Å². The number of para-hydroxylation sites is 2. The van der Waals surface area contributed by atoms with Crippen LogP contribution >= 0.6 is 0 Å². The second kappa shape index (κ2) is 13.5. The molecule has 42 heavy (non-hydrogen) atoms. The Hall–Kier alpha value is -5.84. The van der Waals surface area contributed by atoms with Gasteiger partial charge in [-0.15, -0.1) is 0 Å². The molecular formula is C31H26FN7O3. The first-order valence-electron chi connectivity index (χ1n) is 13.0. The van der Waals surface area contributed by atoms with E-state index in [0.717, 1.165) is 11.4 Å². The number of ether oxygens (including phenoxy) is 2. The zero-order chi connectivity index (χ0) is 29.1. The molecule has 0 fully saturated rings. The molecule has 0 radical (unpaired) electrons. The summed E-state index contributed by atoms with van der Waals surface area (Å²) in [6.07, 6.45) is 1.55. The molecule has 0 amide bonds. The van der Waals surface area contributed by atoms with E-state index in [-0.39, 0.29) is 17.3 Å². The minimum atomic E-state index is -0.631. The van der Waals surface area contributed by atoms with E-state index in [4.69, 9.17) is 9.47 Å². The fourth-order valence-electron chi connectivity index (χ4n) is 3.71. The third-order valence-electron chi connectivity index (χ3n) is 5.62. The van der Waals surface area contributed by atoms with Crippen LogP contribution in [-0.4, -0.2) is 33.7 Å². The molecule has 0 saturated heterocycles. The minimum Gasteiger partial charge on any atom is -0.490 e. The summed E-state index contributed by atoms with van der Waals surface area (Å²) in [6.45, 7) is 2.16. The van der Waals surface area contributed by atoms with Crippen molar-refractivity contribution >= 4 is 41.4 Å². The maximum Gasteiger partial charge on any atom is 0.343 e. The Morgan fingerprint density at radius 3 is 1.98 bits per heavy atom. The first-order chi connectivity index (χ1) is 20.6. The van der Waals surface area contributed by atoms with Crippen molar-refractivity contribution in [2.75, 3.05) is 22.7 Å². The molecule has 10 nitrogen and oxygen atoms in total. The van der Waals surface area contributed by atoms with E-state index in [0.29, 0.717) is 29.8 Å². The highest BCUT2D eigenvalue weighted by Crippen LogP contribution is 2.29. The van der Waals surface area contributed by atoms with Gasteiger partial charge in [-0.2, -0.15) is 20.1 Å². The van der Waals surface area contributed by atoms with Gasteiger partial charge in [0, 0.05) is 11.4 Å². The van der Waals surface area contributed by atoms with Gasteiger partial charge < -0.3 is 20.1 Å². The molecule has 5 rings (SSSR count). The summed E-state index contributed by atoms with van der Waals surface area (Å²) in [6, 6.07) is 29.1. The molecule has 0 bridgehead atoms. The maximum absolute atomic E-state index is 13.2. The van der Waals surface area contributed by atoms with E-state index >= 15 is 0 Å². The predicted octanol–water partition coefficient (Wildman–Crippen LogP) is 6.56. The maximum atomic E-state index is 13.2. The molecule has 0 aliphatic rings. The van der Waals surface area contributed by atoms with Gasteiger partial charge in [-0.25, -0.2) is 14.6 Å². The summed E-state index contributed by atoms with van der Waals surface area (Å²) < 4.78 is 24.4. The fourth-order valence-corrected chi connectivity index (χ4v) is 3.71. The molecule has 4 aromatic carbocycles. The molecule has 11 heteroatoms. The quantitative estimate of drug-likeness (QED) is 0.0709. The van der Waals surface area contributed by atoms with Crippen LogP contribution in [0.1, 0.15) is 22.8 Å². The number of benzene rings is 4. The number of aromatic nitrogens is 3. The summed E-state index contributed by atoms with van der Waals surface area (Å²) in [5, 5.41) is 10.6. The predicted molar refractivity (Wildman–Crippen MR) is 159 cm³/mol. The summed E-state index contributed by atoms with van der Waals surface area (Å²) in [7, 11) is 0. The van der Waals surface area contributed by atoms with Crippen molar-refractivity contribution in [2.45, 2.75) is 6.92 Å². The Labute approximate surface area is 241 Å². The van der Waals surface area contributed by atoms with Crippen LogP contribution in [0.25, 0.3) is 0 Å². The van der Waals surface area contributed by atoms with Crippen LogP contribution in [0.2, 0.25) is 0 Å². The number of nitrogens with zero attached hydrogens (tertiary/aromatic N) is 4. The molecular weight excluding hydrogens is 537 g/mol. The number of carbonyl (C=O) groups is 1. The zero-order valence-corrected chi connectivity index (χ0v) is 22.5. The van der Waals surface area contributed by atoms with Crippen molar-refractivity contribution in [3.63, 3.8) is 0 Å². The first-order valence-corrected chi connectivity index (χ1v) is 13.0. The van der Waals surface area contributed by atoms with E-state index in [9.17, 15) is 9.18 Å². The lowest BCUT2D eigenvalue weighted by molar-refractivity contribution is 0.0728. The van der Waals surface area contributed by atoms with Gasteiger partial charge in [0.1, 0.15) is 5.82 Å². The third-order valence-corrected chi connectivity index (χ3v) is 5.62. The summed E-state index contributed by atoms with van der Waals surface area (Å²) in [5.41, 5.74) is 5.34. The van der Waals surface area contributed by atoms with Gasteiger partial charge in [0.15, 0.2) is 11.5 Å². The van der Waals surface area contributed by atoms with Crippen LogP contribution in [0.3, 0.4) is 0 Å². The number of hydrazone groups is 1. The van der Waals surface area contributed by atoms with E-state index < -0.39 is 11.8 Å². The zero-order valence-electron chi connectivity index (χ0n) is 22.5. The van der Waals surface area contributed by atoms with E-state index in [1.807, 2.05) is 67.6 Å². The van der Waals surface area contributed by atoms with Crippen LogP contribution in [0.15, 0.2) is 108 Å². The summed E-state index contributed by atoms with van der Waals surface area (Å²) in [4.78, 5) is 25.8. The average molecular weight is 564 g/mol. The van der Waals surface area contributed by atoms with Crippen LogP contribution < -0.4 is 25.5 Å². The Bertz CT molecular complexity index is 1610. The normalized spacial score (nSPS) is 10.7. The molecule has 0 atom stereocenters. The molecule has 0 aliphatic heterocycles. The summed E-state index contributed by atoms with van der Waals surface area (Å²) >= 11 is 0. The average Bonchev–Trinajstić information content (AvgIpc) is 3.00. The van der Waals surface area contributed by atoms with Gasteiger partial charge in [-0.3, -0.25) is 0 Å². The third kappa shape index (κ3) is 7.63. The minimum absolute atomic E-state index is 0.202. The van der Waals surface area contributed by atoms with Gasteiger partial charge in [-0.05, 0) is 79.2 Å². The Kier molecular flexibility index (Phi) is 8.90. The Balaban J connectivity index is 1.32. The SMILES string of the molecule is CCOc1cc(/C=N/Nc2nc(Nc3ccccc3)nc(Nc3ccccc3)n2)ccc1OC(=O)c1ccc(F)cc1. The van der Waals surface area contributed by atoms with Crippen LogP contribution in [0, 0.1) is 5.82 Å². The molecule has 3 N–H and O–H groups in total. The lowest BCUT2D eigenvalue weighted by atomic mass is 10.2. The van der Waals surface area contributed by atoms with Gasteiger partial charge in [-0.1, -0.05) is 36.4 Å². The van der Waals surface area contributed by atoms with Crippen molar-refractivity contribution in [1.82, 2.24) is 15.0 Å². The second-order valence-electron chi connectivity index (χ2n) is 8.69. The Morgan fingerprint density at radius 1 is 0.786 bits per heavy atom. The molecule has 0 saturated carbocycles. The number of carbonyl (C=O) groups excluding carboxylic acids is 1. The van der Waals surface area contributed by atoms with Crippen LogP contribution in [0.5, 0.6) is 11.5 Å². The highest BCUT2D eigenvalue weighted by atomic mass is 19.1. The molecule has 0 aliphatic carbocycles. The topological polar surface area (TPSA) is 123 Å². The number of hydrogen-bond acceptors (Lipinski definition) is 10. The van der Waals surface area contributed by atoms with Crippen molar-refractivity contribution in [3.8, 4) is 11.5 Å². The number of halogens is 1. The highest BCUT2D eigenvalue weighted by molar-refractivity contribution is 5.91. The highest BCUT2D eigenvalue weighted by Gasteiger charge is 2.14. The second-order valence-corrected chi connectivity index (χ2v) is 8.69. The standard InChI is InChI=1S/C31H26FN7O3/c1-2-41-27-19-21(13-18-26(27)42-28(40)22-14-16-23(32)17-15-22)20-33-39-31-37-29(34-24-9-5-3-6-10-24)36-30(38-31)35-25-11-7-4-8-12-25/h3-20H,2H2,1H3,(H3,34,35,36,37,38,39)/b33-20+. The fraction of sp³-hybridized carbons (Fsp3) is 0.0645. The number of rotatable bonds is 11. The van der Waals surface area contributed by atoms with Crippen LogP contribution in [-0.2, 0) is 0 Å². The van der Waals surface area contributed by atoms with Crippen molar-refractivity contribution in [1.29, 1.82) is 0 Å². The van der Waals surface area contributed by atoms with Gasteiger partial charge >= 0.3 is 5.97 Å². The summed E-state index contributed by atoms with van der Waals surface area (Å²) in [5.74, 6) is 0.337. The largest absolute Gasteiger partial charge is 0.490 e. The van der Waals surface area contributed by atoms with E-state index in [1.165, 1.54) is 24.3 Å². The van der Waals surface area contributed by atoms with Crippen molar-refractivity contribution < 1.29 is 18.7 Å². The van der Waals surface area contributed by atoms with Gasteiger partial charge in [0.05, 0.1) is 18.4 Å². The molecule has 0 unspecified atom stereocenters. The van der Waals surface area contributed by atoms with Crippen LogP contribution in [0.4, 0.5) is 33.6 Å². The Morgan fingerprint density at radius 2 is 1.38 bits per heavy atom. The van der Waals surface area contributed by atoms with Crippen molar-refractivity contribution in [3.05, 3.63) is 120 Å².